The highest BCUT2D eigenvalue weighted by Gasteiger charge is 2.07. The first-order valence-electron chi connectivity index (χ1n) is 5.78. The number of nitrogens with zero attached hydrogens (tertiary/aromatic N) is 2. The van der Waals surface area contributed by atoms with Gasteiger partial charge in [0.05, 0.1) is 12.3 Å². The molecule has 0 aliphatic rings. The van der Waals surface area contributed by atoms with E-state index >= 15 is 0 Å². The van der Waals surface area contributed by atoms with E-state index in [2.05, 4.69) is 9.88 Å². The Kier molecular flexibility index (Phi) is 5.56. The number of aromatic nitrogens is 1. The Labute approximate surface area is 103 Å². The van der Waals surface area contributed by atoms with Crippen LogP contribution in [-0.4, -0.2) is 38.9 Å². The summed E-state index contributed by atoms with van der Waals surface area (Å²) in [5.41, 5.74) is 6.34. The fraction of sp³-hybridized carbons (Fsp3) is 0.583. The molecule has 0 aliphatic heterocycles. The number of methoxy groups -OCH3 is 1. The molecule has 0 atom stereocenters. The molecule has 1 rings (SSSR count). The van der Waals surface area contributed by atoms with E-state index < -0.39 is 0 Å². The van der Waals surface area contributed by atoms with Crippen molar-refractivity contribution in [2.24, 2.45) is 0 Å². The number of ether oxygens (including phenoxy) is 2. The number of rotatable bonds is 7. The van der Waals surface area contributed by atoms with Crippen molar-refractivity contribution in [3.63, 3.8) is 0 Å². The largest absolute Gasteiger partial charge is 0.476 e. The summed E-state index contributed by atoms with van der Waals surface area (Å²) in [5, 5.41) is 0. The van der Waals surface area contributed by atoms with Crippen molar-refractivity contribution >= 4 is 11.5 Å². The Morgan fingerprint density at radius 2 is 2.18 bits per heavy atom. The van der Waals surface area contributed by atoms with Crippen molar-refractivity contribution in [3.8, 4) is 5.88 Å². The van der Waals surface area contributed by atoms with Crippen molar-refractivity contribution in [2.45, 2.75) is 13.3 Å². The zero-order chi connectivity index (χ0) is 12.7. The zero-order valence-electron chi connectivity index (χ0n) is 10.8. The fourth-order valence-corrected chi connectivity index (χ4v) is 1.47. The van der Waals surface area contributed by atoms with Gasteiger partial charge in [-0.2, -0.15) is 4.98 Å². The predicted molar refractivity (Wildman–Crippen MR) is 69.6 cm³/mol. The van der Waals surface area contributed by atoms with Gasteiger partial charge in [0, 0.05) is 27.3 Å². The quantitative estimate of drug-likeness (QED) is 0.731. The van der Waals surface area contributed by atoms with E-state index in [9.17, 15) is 0 Å². The van der Waals surface area contributed by atoms with Crippen molar-refractivity contribution in [3.05, 3.63) is 12.1 Å². The maximum absolute atomic E-state index is 5.77. The number of anilines is 2. The molecule has 0 aliphatic carbocycles. The zero-order valence-corrected chi connectivity index (χ0v) is 10.8. The summed E-state index contributed by atoms with van der Waals surface area (Å²) in [4.78, 5) is 6.44. The molecule has 0 radical (unpaired) electrons. The summed E-state index contributed by atoms with van der Waals surface area (Å²) < 4.78 is 10.4. The van der Waals surface area contributed by atoms with Gasteiger partial charge in [0.1, 0.15) is 5.82 Å². The molecule has 0 saturated heterocycles. The highest BCUT2D eigenvalue weighted by molar-refractivity contribution is 5.54. The summed E-state index contributed by atoms with van der Waals surface area (Å²) >= 11 is 0. The molecule has 1 heterocycles. The lowest BCUT2D eigenvalue weighted by Crippen LogP contribution is -2.21. The van der Waals surface area contributed by atoms with Crippen LogP contribution >= 0.6 is 0 Å². The molecule has 2 N–H and O–H groups in total. The van der Waals surface area contributed by atoms with E-state index in [1.54, 1.807) is 7.11 Å². The molecule has 1 aromatic heterocycles. The summed E-state index contributed by atoms with van der Waals surface area (Å²) in [7, 11) is 3.69. The van der Waals surface area contributed by atoms with E-state index in [0.29, 0.717) is 18.2 Å². The summed E-state index contributed by atoms with van der Waals surface area (Å²) in [6.45, 7) is 4.11. The van der Waals surface area contributed by atoms with Crippen LogP contribution in [0.3, 0.4) is 0 Å². The molecule has 5 heteroatoms. The van der Waals surface area contributed by atoms with Crippen LogP contribution in [0.5, 0.6) is 5.88 Å². The first-order chi connectivity index (χ1) is 8.19. The van der Waals surface area contributed by atoms with Crippen LogP contribution in [0.4, 0.5) is 11.5 Å². The van der Waals surface area contributed by atoms with Crippen LogP contribution in [-0.2, 0) is 4.74 Å². The van der Waals surface area contributed by atoms with Crippen LogP contribution in [0.2, 0.25) is 0 Å². The molecule has 0 bridgehead atoms. The number of nitrogens with two attached hydrogens (primary N) is 1. The average Bonchev–Trinajstić information content (AvgIpc) is 2.32. The van der Waals surface area contributed by atoms with Gasteiger partial charge in [-0.3, -0.25) is 0 Å². The number of nitrogen functional groups attached to an aromatic ring is 1. The second-order valence-electron chi connectivity index (χ2n) is 3.76. The van der Waals surface area contributed by atoms with E-state index in [1.165, 1.54) is 0 Å². The topological polar surface area (TPSA) is 60.6 Å². The normalized spacial score (nSPS) is 10.3. The Bertz CT molecular complexity index is 345. The molecular weight excluding hydrogens is 218 g/mol. The highest BCUT2D eigenvalue weighted by atomic mass is 16.5. The molecule has 96 valence electrons. The van der Waals surface area contributed by atoms with Crippen molar-refractivity contribution < 1.29 is 9.47 Å². The van der Waals surface area contributed by atoms with Gasteiger partial charge in [-0.1, -0.05) is 0 Å². The SMILES string of the molecule is CCOc1nc(N(C)CCCOC)ccc1N. The molecule has 0 aromatic carbocycles. The Morgan fingerprint density at radius 1 is 1.41 bits per heavy atom. The van der Waals surface area contributed by atoms with Crippen LogP contribution in [0.15, 0.2) is 12.1 Å². The lowest BCUT2D eigenvalue weighted by Gasteiger charge is -2.19. The van der Waals surface area contributed by atoms with E-state index in [0.717, 1.165) is 25.4 Å². The maximum Gasteiger partial charge on any atom is 0.239 e. The Morgan fingerprint density at radius 3 is 2.82 bits per heavy atom. The Hall–Kier alpha value is -1.49. The van der Waals surface area contributed by atoms with Crippen molar-refractivity contribution in [1.82, 2.24) is 4.98 Å². The average molecular weight is 239 g/mol. The number of pyridine rings is 1. The number of hydrogen-bond donors (Lipinski definition) is 1. The Balaban J connectivity index is 2.66. The third-order valence-corrected chi connectivity index (χ3v) is 2.39. The minimum absolute atomic E-state index is 0.503. The third kappa shape index (κ3) is 4.11. The minimum atomic E-state index is 0.503. The molecule has 0 saturated carbocycles. The van der Waals surface area contributed by atoms with Gasteiger partial charge in [0.25, 0.3) is 0 Å². The summed E-state index contributed by atoms with van der Waals surface area (Å²) in [5.74, 6) is 1.36. The predicted octanol–water partition coefficient (Wildman–Crippen LogP) is 1.54. The maximum atomic E-state index is 5.77. The molecule has 0 unspecified atom stereocenters. The lowest BCUT2D eigenvalue weighted by molar-refractivity contribution is 0.196. The molecular formula is C12H21N3O2. The molecule has 0 amide bonds. The van der Waals surface area contributed by atoms with Crippen molar-refractivity contribution in [1.29, 1.82) is 0 Å². The van der Waals surface area contributed by atoms with Crippen LogP contribution in [0, 0.1) is 0 Å². The standard InChI is InChI=1S/C12H21N3O2/c1-4-17-12-10(13)6-7-11(14-12)15(2)8-5-9-16-3/h6-7H,4-5,8-9,13H2,1-3H3. The lowest BCUT2D eigenvalue weighted by atomic mass is 10.3. The molecule has 5 nitrogen and oxygen atoms in total. The second kappa shape index (κ2) is 6.96. The minimum Gasteiger partial charge on any atom is -0.476 e. The van der Waals surface area contributed by atoms with Gasteiger partial charge in [0.2, 0.25) is 5.88 Å². The van der Waals surface area contributed by atoms with Gasteiger partial charge in [-0.25, -0.2) is 0 Å². The van der Waals surface area contributed by atoms with E-state index in [-0.39, 0.29) is 0 Å². The van der Waals surface area contributed by atoms with Crippen LogP contribution < -0.4 is 15.4 Å². The number of hydrogen-bond acceptors (Lipinski definition) is 5. The fourth-order valence-electron chi connectivity index (χ4n) is 1.47. The highest BCUT2D eigenvalue weighted by Crippen LogP contribution is 2.22. The van der Waals surface area contributed by atoms with Gasteiger partial charge >= 0.3 is 0 Å². The van der Waals surface area contributed by atoms with Crippen LogP contribution in [0.1, 0.15) is 13.3 Å². The molecule has 17 heavy (non-hydrogen) atoms. The van der Waals surface area contributed by atoms with E-state index in [4.69, 9.17) is 15.2 Å². The second-order valence-corrected chi connectivity index (χ2v) is 3.76. The van der Waals surface area contributed by atoms with Crippen LogP contribution in [0.25, 0.3) is 0 Å². The van der Waals surface area contributed by atoms with E-state index in [1.807, 2.05) is 26.1 Å². The van der Waals surface area contributed by atoms with Gasteiger partial charge in [-0.05, 0) is 25.5 Å². The van der Waals surface area contributed by atoms with Gasteiger partial charge in [0.15, 0.2) is 0 Å². The summed E-state index contributed by atoms with van der Waals surface area (Å²) in [6, 6.07) is 3.71. The molecule has 0 fully saturated rings. The van der Waals surface area contributed by atoms with Crippen molar-refractivity contribution in [2.75, 3.05) is 44.5 Å². The van der Waals surface area contributed by atoms with Gasteiger partial charge in [-0.15, -0.1) is 0 Å². The van der Waals surface area contributed by atoms with Gasteiger partial charge < -0.3 is 20.1 Å². The first-order valence-corrected chi connectivity index (χ1v) is 5.78. The third-order valence-electron chi connectivity index (χ3n) is 2.39. The molecule has 1 aromatic rings. The summed E-state index contributed by atoms with van der Waals surface area (Å²) in [6.07, 6.45) is 0.961. The smallest absolute Gasteiger partial charge is 0.239 e. The monoisotopic (exact) mass is 239 g/mol. The first kappa shape index (κ1) is 13.6. The molecule has 0 spiro atoms.